The smallest absolute Gasteiger partial charge is 0.305 e. The van der Waals surface area contributed by atoms with Crippen LogP contribution >= 0.6 is 11.6 Å². The molecule has 0 amide bonds. The van der Waals surface area contributed by atoms with E-state index in [1.807, 2.05) is 0 Å². The van der Waals surface area contributed by atoms with E-state index in [1.54, 1.807) is 24.3 Å². The maximum atomic E-state index is 12.2. The van der Waals surface area contributed by atoms with Crippen LogP contribution in [-0.4, -0.2) is 37.9 Å². The summed E-state index contributed by atoms with van der Waals surface area (Å²) in [6.45, 7) is 0.937. The van der Waals surface area contributed by atoms with E-state index < -0.39 is 5.79 Å². The van der Waals surface area contributed by atoms with E-state index in [0.717, 1.165) is 0 Å². The van der Waals surface area contributed by atoms with Gasteiger partial charge in [-0.05, 0) is 24.3 Å². The molecule has 0 N–H and O–H groups in total. The monoisotopic (exact) mass is 326 g/mol. The van der Waals surface area contributed by atoms with Crippen LogP contribution in [0, 0.1) is 0 Å². The van der Waals surface area contributed by atoms with Crippen LogP contribution in [0.5, 0.6) is 0 Å². The highest BCUT2D eigenvalue weighted by atomic mass is 35.5. The van der Waals surface area contributed by atoms with Gasteiger partial charge in [0.15, 0.2) is 11.6 Å². The number of ether oxygens (including phenoxy) is 3. The van der Waals surface area contributed by atoms with Gasteiger partial charge in [0, 0.05) is 29.8 Å². The molecule has 1 aromatic rings. The summed E-state index contributed by atoms with van der Waals surface area (Å²) in [4.78, 5) is 23.5. The van der Waals surface area contributed by atoms with Crippen molar-refractivity contribution in [2.45, 2.75) is 31.5 Å². The fourth-order valence-corrected chi connectivity index (χ4v) is 2.52. The van der Waals surface area contributed by atoms with E-state index in [4.69, 9.17) is 21.1 Å². The first-order valence-corrected chi connectivity index (χ1v) is 7.56. The fraction of sp³-hybridized carbons (Fsp3) is 0.500. The minimum Gasteiger partial charge on any atom is -0.469 e. The van der Waals surface area contributed by atoms with E-state index in [-0.39, 0.29) is 24.6 Å². The van der Waals surface area contributed by atoms with Crippen LogP contribution in [0.25, 0.3) is 0 Å². The molecule has 0 unspecified atom stereocenters. The van der Waals surface area contributed by atoms with Gasteiger partial charge >= 0.3 is 5.97 Å². The van der Waals surface area contributed by atoms with Crippen LogP contribution in [0.3, 0.4) is 0 Å². The molecule has 22 heavy (non-hydrogen) atoms. The molecular formula is C16H19ClO5. The maximum Gasteiger partial charge on any atom is 0.305 e. The average Bonchev–Trinajstić information content (AvgIpc) is 3.00. The lowest BCUT2D eigenvalue weighted by atomic mass is 9.99. The molecule has 1 aromatic carbocycles. The Morgan fingerprint density at radius 1 is 1.14 bits per heavy atom. The topological polar surface area (TPSA) is 61.8 Å². The lowest BCUT2D eigenvalue weighted by molar-refractivity contribution is -0.172. The summed E-state index contributed by atoms with van der Waals surface area (Å²) in [7, 11) is 1.34. The van der Waals surface area contributed by atoms with E-state index in [2.05, 4.69) is 4.74 Å². The molecule has 1 saturated heterocycles. The summed E-state index contributed by atoms with van der Waals surface area (Å²) in [5, 5.41) is 0.591. The highest BCUT2D eigenvalue weighted by Crippen LogP contribution is 2.31. The van der Waals surface area contributed by atoms with Gasteiger partial charge in [-0.3, -0.25) is 9.59 Å². The Bertz CT molecular complexity index is 520. The lowest BCUT2D eigenvalue weighted by Gasteiger charge is -2.26. The first kappa shape index (κ1) is 16.9. The van der Waals surface area contributed by atoms with Crippen LogP contribution < -0.4 is 0 Å². The third-order valence-corrected chi connectivity index (χ3v) is 3.90. The van der Waals surface area contributed by atoms with E-state index in [0.29, 0.717) is 36.6 Å². The van der Waals surface area contributed by atoms with Gasteiger partial charge in [0.05, 0.1) is 26.7 Å². The second kappa shape index (κ2) is 7.72. The molecule has 1 fully saturated rings. The van der Waals surface area contributed by atoms with Crippen molar-refractivity contribution >= 4 is 23.4 Å². The van der Waals surface area contributed by atoms with Gasteiger partial charge in [0.1, 0.15) is 0 Å². The Morgan fingerprint density at radius 2 is 1.73 bits per heavy atom. The molecule has 1 heterocycles. The zero-order chi connectivity index (χ0) is 16.0. The largest absolute Gasteiger partial charge is 0.469 e. The second-order valence-corrected chi connectivity index (χ2v) is 5.55. The Labute approximate surface area is 134 Å². The molecule has 6 heteroatoms. The molecule has 120 valence electrons. The van der Waals surface area contributed by atoms with Gasteiger partial charge in [-0.1, -0.05) is 11.6 Å². The number of carbonyl (C=O) groups is 2. The highest BCUT2D eigenvalue weighted by molar-refractivity contribution is 6.30. The Balaban J connectivity index is 1.92. The minimum atomic E-state index is -0.865. The van der Waals surface area contributed by atoms with Crippen molar-refractivity contribution in [2.75, 3.05) is 20.3 Å². The number of esters is 1. The van der Waals surface area contributed by atoms with Gasteiger partial charge in [-0.25, -0.2) is 0 Å². The quantitative estimate of drug-likeness (QED) is 0.569. The predicted molar refractivity (Wildman–Crippen MR) is 80.9 cm³/mol. The first-order valence-electron chi connectivity index (χ1n) is 7.18. The molecule has 0 saturated carbocycles. The van der Waals surface area contributed by atoms with Crippen molar-refractivity contribution in [1.29, 1.82) is 0 Å². The normalized spacial score (nSPS) is 16.5. The molecular weight excluding hydrogens is 308 g/mol. The van der Waals surface area contributed by atoms with Gasteiger partial charge in [0.2, 0.25) is 0 Å². The zero-order valence-corrected chi connectivity index (χ0v) is 13.2. The zero-order valence-electron chi connectivity index (χ0n) is 12.5. The number of halogens is 1. The number of hydrogen-bond acceptors (Lipinski definition) is 5. The molecule has 0 atom stereocenters. The molecule has 2 rings (SSSR count). The van der Waals surface area contributed by atoms with Crippen molar-refractivity contribution in [3.8, 4) is 0 Å². The van der Waals surface area contributed by atoms with Crippen LogP contribution in [0.1, 0.15) is 36.0 Å². The van der Waals surface area contributed by atoms with Crippen LogP contribution in [0.2, 0.25) is 5.02 Å². The summed E-state index contributed by atoms with van der Waals surface area (Å²) in [6, 6.07) is 6.76. The molecule has 0 radical (unpaired) electrons. The fourth-order valence-electron chi connectivity index (χ4n) is 2.39. The number of carbonyl (C=O) groups excluding carboxylic acids is 2. The molecule has 5 nitrogen and oxygen atoms in total. The van der Waals surface area contributed by atoms with Crippen molar-refractivity contribution in [3.05, 3.63) is 34.9 Å². The summed E-state index contributed by atoms with van der Waals surface area (Å²) >= 11 is 5.81. The van der Waals surface area contributed by atoms with E-state index in [1.165, 1.54) is 7.11 Å². The molecule has 1 aliphatic heterocycles. The standard InChI is InChI=1S/C16H19ClO5/c1-20-15(19)7-9-16(21-10-11-22-16)8-6-14(18)12-2-4-13(17)5-3-12/h2-5H,6-11H2,1H3. The number of rotatable bonds is 7. The minimum absolute atomic E-state index is 0.00629. The van der Waals surface area contributed by atoms with Gasteiger partial charge in [-0.15, -0.1) is 0 Å². The average molecular weight is 327 g/mol. The third kappa shape index (κ3) is 4.53. The third-order valence-electron chi connectivity index (χ3n) is 3.65. The van der Waals surface area contributed by atoms with Crippen LogP contribution in [0.15, 0.2) is 24.3 Å². The second-order valence-electron chi connectivity index (χ2n) is 5.11. The van der Waals surface area contributed by atoms with Gasteiger partial charge in [-0.2, -0.15) is 0 Å². The van der Waals surface area contributed by atoms with Crippen molar-refractivity contribution < 1.29 is 23.8 Å². The molecule has 0 bridgehead atoms. The first-order chi connectivity index (χ1) is 10.5. The number of hydrogen-bond donors (Lipinski definition) is 0. The number of benzene rings is 1. The molecule has 0 aromatic heterocycles. The van der Waals surface area contributed by atoms with E-state index in [9.17, 15) is 9.59 Å². The van der Waals surface area contributed by atoms with Gasteiger partial charge < -0.3 is 14.2 Å². The molecule has 1 aliphatic rings. The van der Waals surface area contributed by atoms with Crippen molar-refractivity contribution in [1.82, 2.24) is 0 Å². The summed E-state index contributed by atoms with van der Waals surface area (Å²) in [5.74, 6) is -1.19. The van der Waals surface area contributed by atoms with Crippen molar-refractivity contribution in [3.63, 3.8) is 0 Å². The number of methoxy groups -OCH3 is 1. The maximum absolute atomic E-state index is 12.2. The molecule has 0 aliphatic carbocycles. The Hall–Kier alpha value is -1.43. The summed E-state index contributed by atoms with van der Waals surface area (Å²) < 4.78 is 15.9. The summed E-state index contributed by atoms with van der Waals surface area (Å²) in [6.07, 6.45) is 1.27. The Kier molecular flexibility index (Phi) is 5.94. The molecule has 0 spiro atoms. The van der Waals surface area contributed by atoms with Crippen LogP contribution in [-0.2, 0) is 19.0 Å². The number of ketones is 1. The number of Topliss-reactive ketones (excluding diaryl/α,β-unsaturated/α-hetero) is 1. The highest BCUT2D eigenvalue weighted by Gasteiger charge is 2.37. The lowest BCUT2D eigenvalue weighted by Crippen LogP contribution is -2.32. The van der Waals surface area contributed by atoms with Crippen molar-refractivity contribution in [2.24, 2.45) is 0 Å². The SMILES string of the molecule is COC(=O)CCC1(CCC(=O)c2ccc(Cl)cc2)OCCO1. The Morgan fingerprint density at radius 3 is 2.32 bits per heavy atom. The summed E-state index contributed by atoms with van der Waals surface area (Å²) in [5.41, 5.74) is 0.602. The predicted octanol–water partition coefficient (Wildman–Crippen LogP) is 3.00. The van der Waals surface area contributed by atoms with Gasteiger partial charge in [0.25, 0.3) is 0 Å². The van der Waals surface area contributed by atoms with Crippen LogP contribution in [0.4, 0.5) is 0 Å². The van der Waals surface area contributed by atoms with E-state index >= 15 is 0 Å².